The number of aryl methyl sites for hydroxylation is 1. The van der Waals surface area contributed by atoms with Crippen LogP contribution in [0.25, 0.3) is 0 Å². The van der Waals surface area contributed by atoms with Crippen molar-refractivity contribution in [3.63, 3.8) is 0 Å². The molecule has 1 N–H and O–H groups in total. The number of methoxy groups -OCH3 is 1. The van der Waals surface area contributed by atoms with Crippen LogP contribution in [0.2, 0.25) is 0 Å². The highest BCUT2D eigenvalue weighted by Crippen LogP contribution is 2.27. The Labute approximate surface area is 114 Å². The molecule has 1 aliphatic carbocycles. The first-order valence-electron chi connectivity index (χ1n) is 7.29. The van der Waals surface area contributed by atoms with Gasteiger partial charge in [0.1, 0.15) is 0 Å². The zero-order valence-corrected chi connectivity index (χ0v) is 12.0. The SMILES string of the molecule is COCCNC(C)c1nnnn1CCC1CCCC1. The van der Waals surface area contributed by atoms with E-state index in [1.807, 2.05) is 4.68 Å². The van der Waals surface area contributed by atoms with Crippen LogP contribution in [0.1, 0.15) is 50.9 Å². The Morgan fingerprint density at radius 3 is 2.95 bits per heavy atom. The van der Waals surface area contributed by atoms with Crippen LogP contribution in [0.3, 0.4) is 0 Å². The summed E-state index contributed by atoms with van der Waals surface area (Å²) in [6.07, 6.45) is 6.73. The first-order valence-corrected chi connectivity index (χ1v) is 7.29. The lowest BCUT2D eigenvalue weighted by Crippen LogP contribution is -2.26. The number of nitrogens with one attached hydrogen (secondary N) is 1. The molecule has 0 radical (unpaired) electrons. The van der Waals surface area contributed by atoms with Gasteiger partial charge in [0.25, 0.3) is 0 Å². The molecule has 1 atom stereocenters. The third-order valence-corrected chi connectivity index (χ3v) is 3.93. The standard InChI is InChI=1S/C13H25N5O/c1-11(14-8-10-19-2)13-15-16-17-18(13)9-7-12-5-3-4-6-12/h11-12,14H,3-10H2,1-2H3. The van der Waals surface area contributed by atoms with Crippen molar-refractivity contribution in [2.45, 2.75) is 51.6 Å². The maximum absolute atomic E-state index is 5.03. The van der Waals surface area contributed by atoms with Gasteiger partial charge in [-0.3, -0.25) is 0 Å². The van der Waals surface area contributed by atoms with E-state index < -0.39 is 0 Å². The van der Waals surface area contributed by atoms with Gasteiger partial charge in [-0.1, -0.05) is 25.7 Å². The molecular formula is C13H25N5O. The van der Waals surface area contributed by atoms with E-state index in [0.29, 0.717) is 6.61 Å². The zero-order chi connectivity index (χ0) is 13.5. The summed E-state index contributed by atoms with van der Waals surface area (Å²) in [5, 5.41) is 15.4. The summed E-state index contributed by atoms with van der Waals surface area (Å²) in [5.41, 5.74) is 0. The second-order valence-electron chi connectivity index (χ2n) is 5.37. The van der Waals surface area contributed by atoms with Crippen LogP contribution < -0.4 is 5.32 Å². The third-order valence-electron chi connectivity index (χ3n) is 3.93. The Balaban J connectivity index is 1.81. The summed E-state index contributed by atoms with van der Waals surface area (Å²) >= 11 is 0. The third kappa shape index (κ3) is 4.24. The molecule has 1 fully saturated rings. The van der Waals surface area contributed by atoms with Crippen molar-refractivity contribution in [1.82, 2.24) is 25.5 Å². The molecule has 6 heteroatoms. The first kappa shape index (κ1) is 14.4. The average molecular weight is 267 g/mol. The summed E-state index contributed by atoms with van der Waals surface area (Å²) in [7, 11) is 1.71. The van der Waals surface area contributed by atoms with E-state index in [4.69, 9.17) is 4.74 Å². The fraction of sp³-hybridized carbons (Fsp3) is 0.923. The van der Waals surface area contributed by atoms with Crippen molar-refractivity contribution in [3.05, 3.63) is 5.82 Å². The molecule has 0 saturated heterocycles. The van der Waals surface area contributed by atoms with E-state index in [1.54, 1.807) is 7.11 Å². The van der Waals surface area contributed by atoms with Gasteiger partial charge in [-0.05, 0) is 29.7 Å². The normalized spacial score (nSPS) is 18.0. The average Bonchev–Trinajstić information content (AvgIpc) is 3.07. The number of rotatable bonds is 8. The highest BCUT2D eigenvalue weighted by molar-refractivity contribution is 4.89. The van der Waals surface area contributed by atoms with Crippen LogP contribution in [0, 0.1) is 5.92 Å². The van der Waals surface area contributed by atoms with E-state index in [0.717, 1.165) is 24.8 Å². The molecule has 0 amide bonds. The molecule has 0 bridgehead atoms. The van der Waals surface area contributed by atoms with Gasteiger partial charge < -0.3 is 10.1 Å². The zero-order valence-electron chi connectivity index (χ0n) is 12.0. The fourth-order valence-electron chi connectivity index (χ4n) is 2.75. The van der Waals surface area contributed by atoms with Crippen molar-refractivity contribution < 1.29 is 4.74 Å². The molecular weight excluding hydrogens is 242 g/mol. The van der Waals surface area contributed by atoms with E-state index in [-0.39, 0.29) is 6.04 Å². The molecule has 108 valence electrons. The maximum atomic E-state index is 5.03. The van der Waals surface area contributed by atoms with Gasteiger partial charge in [0.05, 0.1) is 12.6 Å². The Kier molecular flexibility index (Phi) is 5.72. The van der Waals surface area contributed by atoms with Crippen molar-refractivity contribution in [2.75, 3.05) is 20.3 Å². The van der Waals surface area contributed by atoms with E-state index in [2.05, 4.69) is 27.8 Å². The molecule has 6 nitrogen and oxygen atoms in total. The van der Waals surface area contributed by atoms with Crippen molar-refractivity contribution >= 4 is 0 Å². The van der Waals surface area contributed by atoms with Gasteiger partial charge in [-0.25, -0.2) is 4.68 Å². The van der Waals surface area contributed by atoms with Crippen molar-refractivity contribution in [1.29, 1.82) is 0 Å². The quantitative estimate of drug-likeness (QED) is 0.724. The van der Waals surface area contributed by atoms with Gasteiger partial charge in [0, 0.05) is 20.2 Å². The topological polar surface area (TPSA) is 64.9 Å². The first-order chi connectivity index (χ1) is 9.31. The second-order valence-corrected chi connectivity index (χ2v) is 5.37. The van der Waals surface area contributed by atoms with E-state index >= 15 is 0 Å². The number of hydrogen-bond donors (Lipinski definition) is 1. The predicted molar refractivity (Wildman–Crippen MR) is 72.7 cm³/mol. The summed E-state index contributed by atoms with van der Waals surface area (Å²) in [6, 6.07) is 0.161. The summed E-state index contributed by atoms with van der Waals surface area (Å²) in [6.45, 7) is 4.54. The van der Waals surface area contributed by atoms with Crippen LogP contribution in [-0.4, -0.2) is 40.5 Å². The van der Waals surface area contributed by atoms with Crippen molar-refractivity contribution in [2.24, 2.45) is 5.92 Å². The molecule has 2 rings (SSSR count). The Hall–Kier alpha value is -1.01. The monoisotopic (exact) mass is 267 g/mol. The number of aromatic nitrogens is 4. The molecule has 0 aliphatic heterocycles. The van der Waals surface area contributed by atoms with Crippen LogP contribution in [0.4, 0.5) is 0 Å². The summed E-state index contributed by atoms with van der Waals surface area (Å²) in [4.78, 5) is 0. The Bertz CT molecular complexity index is 362. The van der Waals surface area contributed by atoms with Crippen molar-refractivity contribution in [3.8, 4) is 0 Å². The lowest BCUT2D eigenvalue weighted by molar-refractivity contribution is 0.195. The Morgan fingerprint density at radius 1 is 1.42 bits per heavy atom. The lowest BCUT2D eigenvalue weighted by Gasteiger charge is -2.14. The van der Waals surface area contributed by atoms with Crippen LogP contribution in [0.15, 0.2) is 0 Å². The molecule has 1 saturated carbocycles. The minimum Gasteiger partial charge on any atom is -0.383 e. The highest BCUT2D eigenvalue weighted by Gasteiger charge is 2.18. The van der Waals surface area contributed by atoms with E-state index in [1.165, 1.54) is 32.1 Å². The van der Waals surface area contributed by atoms with Gasteiger partial charge in [0.15, 0.2) is 5.82 Å². The lowest BCUT2D eigenvalue weighted by atomic mass is 10.0. The van der Waals surface area contributed by atoms with Crippen LogP contribution in [0.5, 0.6) is 0 Å². The number of ether oxygens (including phenoxy) is 1. The molecule has 1 aromatic rings. The summed E-state index contributed by atoms with van der Waals surface area (Å²) < 4.78 is 6.98. The fourth-order valence-corrected chi connectivity index (χ4v) is 2.75. The Morgan fingerprint density at radius 2 is 2.21 bits per heavy atom. The molecule has 0 spiro atoms. The minimum absolute atomic E-state index is 0.161. The molecule has 0 aromatic carbocycles. The predicted octanol–water partition coefficient (Wildman–Crippen LogP) is 1.55. The van der Waals surface area contributed by atoms with E-state index in [9.17, 15) is 0 Å². The molecule has 1 heterocycles. The number of nitrogens with zero attached hydrogens (tertiary/aromatic N) is 4. The van der Waals surface area contributed by atoms with Gasteiger partial charge in [0.2, 0.25) is 0 Å². The maximum Gasteiger partial charge on any atom is 0.167 e. The van der Waals surface area contributed by atoms with Gasteiger partial charge in [-0.2, -0.15) is 0 Å². The number of tetrazole rings is 1. The van der Waals surface area contributed by atoms with Crippen LogP contribution >= 0.6 is 0 Å². The van der Waals surface area contributed by atoms with Gasteiger partial charge in [-0.15, -0.1) is 5.10 Å². The highest BCUT2D eigenvalue weighted by atomic mass is 16.5. The smallest absolute Gasteiger partial charge is 0.167 e. The van der Waals surface area contributed by atoms with Crippen LogP contribution in [-0.2, 0) is 11.3 Å². The number of hydrogen-bond acceptors (Lipinski definition) is 5. The van der Waals surface area contributed by atoms with Gasteiger partial charge >= 0.3 is 0 Å². The minimum atomic E-state index is 0.161. The molecule has 19 heavy (non-hydrogen) atoms. The molecule has 1 aliphatic rings. The second kappa shape index (κ2) is 7.55. The summed E-state index contributed by atoms with van der Waals surface area (Å²) in [5.74, 6) is 1.79. The molecule has 1 aromatic heterocycles. The largest absolute Gasteiger partial charge is 0.383 e. The molecule has 1 unspecified atom stereocenters.